The Balaban J connectivity index is 2.07. The molecule has 0 aromatic carbocycles. The van der Waals surface area contributed by atoms with Crippen molar-refractivity contribution in [3.63, 3.8) is 0 Å². The van der Waals surface area contributed by atoms with Crippen LogP contribution < -0.4 is 5.73 Å². The van der Waals surface area contributed by atoms with Crippen LogP contribution in [0, 0.1) is 6.92 Å². The van der Waals surface area contributed by atoms with Gasteiger partial charge in [-0.25, -0.2) is 0 Å². The summed E-state index contributed by atoms with van der Waals surface area (Å²) in [4.78, 5) is 1.14. The first-order valence-electron chi connectivity index (χ1n) is 4.58. The largest absolute Gasteiger partial charge is 0.376 e. The molecule has 2 heterocycles. The van der Waals surface area contributed by atoms with Gasteiger partial charge < -0.3 is 10.5 Å². The molecule has 1 aromatic heterocycles. The fourth-order valence-corrected chi connectivity index (χ4v) is 2.41. The molecule has 2 atom stereocenters. The Labute approximate surface area is 82.1 Å². The minimum absolute atomic E-state index is 0.0219. The van der Waals surface area contributed by atoms with Gasteiger partial charge in [0.1, 0.15) is 0 Å². The van der Waals surface area contributed by atoms with Gasteiger partial charge in [0, 0.05) is 11.5 Å². The molecule has 1 aliphatic heterocycles. The van der Waals surface area contributed by atoms with Crippen LogP contribution in [0.3, 0.4) is 0 Å². The van der Waals surface area contributed by atoms with Gasteiger partial charge in [0.2, 0.25) is 0 Å². The molecule has 2 N–H and O–H groups in total. The van der Waals surface area contributed by atoms with E-state index >= 15 is 0 Å². The van der Waals surface area contributed by atoms with Crippen molar-refractivity contribution < 1.29 is 4.74 Å². The molecule has 1 aromatic rings. The van der Waals surface area contributed by atoms with Crippen LogP contribution in [0.2, 0.25) is 0 Å². The lowest BCUT2D eigenvalue weighted by atomic mass is 10.1. The molecule has 0 radical (unpaired) electrons. The summed E-state index contributed by atoms with van der Waals surface area (Å²) in [6, 6.07) is 2.07. The standard InChI is InChI=1S/C9H14N2OS/c1-6-5-8(13-11-6)9(10)7-3-2-4-12-7/h5,7,9H,2-4,10H2,1H3. The molecule has 0 spiro atoms. The van der Waals surface area contributed by atoms with Gasteiger partial charge in [0.15, 0.2) is 0 Å². The first kappa shape index (κ1) is 9.12. The number of nitrogens with two attached hydrogens (primary N) is 1. The molecule has 0 amide bonds. The fraction of sp³-hybridized carbons (Fsp3) is 0.667. The second-order valence-electron chi connectivity index (χ2n) is 3.45. The van der Waals surface area contributed by atoms with Crippen molar-refractivity contribution in [2.24, 2.45) is 5.73 Å². The van der Waals surface area contributed by atoms with Gasteiger partial charge in [0.25, 0.3) is 0 Å². The Morgan fingerprint density at radius 1 is 1.77 bits per heavy atom. The van der Waals surface area contributed by atoms with Crippen LogP contribution in [-0.2, 0) is 4.74 Å². The zero-order chi connectivity index (χ0) is 9.26. The molecule has 0 aliphatic carbocycles. The van der Waals surface area contributed by atoms with Gasteiger partial charge in [-0.15, -0.1) is 0 Å². The lowest BCUT2D eigenvalue weighted by molar-refractivity contribution is 0.0909. The van der Waals surface area contributed by atoms with E-state index in [9.17, 15) is 0 Å². The first-order valence-corrected chi connectivity index (χ1v) is 5.35. The van der Waals surface area contributed by atoms with Crippen molar-refractivity contribution in [2.75, 3.05) is 6.61 Å². The SMILES string of the molecule is Cc1cc(C(N)C2CCCO2)sn1. The minimum atomic E-state index is 0.0219. The number of rotatable bonds is 2. The quantitative estimate of drug-likeness (QED) is 0.785. The third-order valence-corrected chi connectivity index (χ3v) is 3.32. The molecule has 0 bridgehead atoms. The lowest BCUT2D eigenvalue weighted by Gasteiger charge is -2.15. The zero-order valence-corrected chi connectivity index (χ0v) is 8.51. The summed E-state index contributed by atoms with van der Waals surface area (Å²) >= 11 is 1.49. The number of aromatic nitrogens is 1. The van der Waals surface area contributed by atoms with Crippen molar-refractivity contribution >= 4 is 11.5 Å². The van der Waals surface area contributed by atoms with E-state index in [1.54, 1.807) is 0 Å². The van der Waals surface area contributed by atoms with Gasteiger partial charge in [-0.1, -0.05) is 0 Å². The van der Waals surface area contributed by atoms with E-state index in [4.69, 9.17) is 10.5 Å². The molecule has 1 fully saturated rings. The van der Waals surface area contributed by atoms with E-state index in [-0.39, 0.29) is 12.1 Å². The van der Waals surface area contributed by atoms with E-state index < -0.39 is 0 Å². The summed E-state index contributed by atoms with van der Waals surface area (Å²) in [6.45, 7) is 2.85. The van der Waals surface area contributed by atoms with Crippen LogP contribution in [0.1, 0.15) is 29.5 Å². The van der Waals surface area contributed by atoms with E-state index in [0.717, 1.165) is 30.0 Å². The molecule has 1 saturated heterocycles. The molecule has 13 heavy (non-hydrogen) atoms. The third-order valence-electron chi connectivity index (χ3n) is 2.34. The number of hydrogen-bond donors (Lipinski definition) is 1. The monoisotopic (exact) mass is 198 g/mol. The Morgan fingerprint density at radius 3 is 3.15 bits per heavy atom. The average molecular weight is 198 g/mol. The van der Waals surface area contributed by atoms with Gasteiger partial charge >= 0.3 is 0 Å². The van der Waals surface area contributed by atoms with E-state index in [0.29, 0.717) is 0 Å². The van der Waals surface area contributed by atoms with Gasteiger partial charge in [-0.05, 0) is 37.4 Å². The Morgan fingerprint density at radius 2 is 2.62 bits per heavy atom. The highest BCUT2D eigenvalue weighted by molar-refractivity contribution is 7.05. The smallest absolute Gasteiger partial charge is 0.0777 e. The van der Waals surface area contributed by atoms with Gasteiger partial charge in [0.05, 0.1) is 17.8 Å². The Bertz CT molecular complexity index is 281. The molecule has 0 saturated carbocycles. The second kappa shape index (κ2) is 3.74. The van der Waals surface area contributed by atoms with Crippen LogP contribution in [0.4, 0.5) is 0 Å². The third kappa shape index (κ3) is 1.90. The lowest BCUT2D eigenvalue weighted by Crippen LogP contribution is -2.24. The summed E-state index contributed by atoms with van der Waals surface area (Å²) in [7, 11) is 0. The minimum Gasteiger partial charge on any atom is -0.376 e. The highest BCUT2D eigenvalue weighted by atomic mass is 32.1. The summed E-state index contributed by atoms with van der Waals surface area (Å²) in [5.74, 6) is 0. The van der Waals surface area contributed by atoms with Crippen LogP contribution in [-0.4, -0.2) is 17.1 Å². The van der Waals surface area contributed by atoms with Gasteiger partial charge in [-0.3, -0.25) is 0 Å². The maximum atomic E-state index is 6.06. The normalized spacial score (nSPS) is 24.9. The molecule has 3 nitrogen and oxygen atoms in total. The van der Waals surface area contributed by atoms with Crippen LogP contribution in [0.25, 0.3) is 0 Å². The van der Waals surface area contributed by atoms with E-state index in [2.05, 4.69) is 10.4 Å². The predicted molar refractivity (Wildman–Crippen MR) is 52.8 cm³/mol. The van der Waals surface area contributed by atoms with Crippen molar-refractivity contribution in [1.82, 2.24) is 4.37 Å². The van der Waals surface area contributed by atoms with Crippen molar-refractivity contribution in [3.8, 4) is 0 Å². The van der Waals surface area contributed by atoms with E-state index in [1.165, 1.54) is 11.5 Å². The molecular weight excluding hydrogens is 184 g/mol. The number of nitrogens with zero attached hydrogens (tertiary/aromatic N) is 1. The summed E-state index contributed by atoms with van der Waals surface area (Å²) in [5.41, 5.74) is 7.11. The molecule has 72 valence electrons. The fourth-order valence-electron chi connectivity index (χ4n) is 1.61. The zero-order valence-electron chi connectivity index (χ0n) is 7.69. The van der Waals surface area contributed by atoms with Crippen molar-refractivity contribution in [2.45, 2.75) is 31.9 Å². The summed E-state index contributed by atoms with van der Waals surface area (Å²) in [5, 5.41) is 0. The maximum absolute atomic E-state index is 6.06. The van der Waals surface area contributed by atoms with Crippen LogP contribution in [0.15, 0.2) is 6.07 Å². The highest BCUT2D eigenvalue weighted by Gasteiger charge is 2.25. The molecule has 4 heteroatoms. The van der Waals surface area contributed by atoms with Crippen molar-refractivity contribution in [1.29, 1.82) is 0 Å². The first-order chi connectivity index (χ1) is 6.27. The number of aryl methyl sites for hydroxylation is 1. The van der Waals surface area contributed by atoms with Crippen LogP contribution >= 0.6 is 11.5 Å². The summed E-state index contributed by atoms with van der Waals surface area (Å²) < 4.78 is 9.75. The van der Waals surface area contributed by atoms with Crippen molar-refractivity contribution in [3.05, 3.63) is 16.6 Å². The van der Waals surface area contributed by atoms with Gasteiger partial charge in [-0.2, -0.15) is 4.37 Å². The highest BCUT2D eigenvalue weighted by Crippen LogP contribution is 2.27. The Kier molecular flexibility index (Phi) is 2.62. The molecule has 2 rings (SSSR count). The topological polar surface area (TPSA) is 48.1 Å². The number of ether oxygens (including phenoxy) is 1. The average Bonchev–Trinajstić information content (AvgIpc) is 2.72. The predicted octanol–water partition coefficient (Wildman–Crippen LogP) is 1.63. The molecule has 2 unspecified atom stereocenters. The Hall–Kier alpha value is -0.450. The molecule has 1 aliphatic rings. The van der Waals surface area contributed by atoms with E-state index in [1.807, 2.05) is 6.92 Å². The summed E-state index contributed by atoms with van der Waals surface area (Å²) in [6.07, 6.45) is 2.42. The number of hydrogen-bond acceptors (Lipinski definition) is 4. The van der Waals surface area contributed by atoms with Crippen LogP contribution in [0.5, 0.6) is 0 Å². The maximum Gasteiger partial charge on any atom is 0.0777 e. The second-order valence-corrected chi connectivity index (χ2v) is 4.28. The molecular formula is C9H14N2OS.